The molecule has 15 heavy (non-hydrogen) atoms. The van der Waals surface area contributed by atoms with Gasteiger partial charge in [-0.1, -0.05) is 23.8 Å². The molecule has 1 aromatic carbocycles. The lowest BCUT2D eigenvalue weighted by atomic mass is 9.84. The molecule has 0 spiro atoms. The largest absolute Gasteiger partial charge is 0.327 e. The number of benzene rings is 1. The summed E-state index contributed by atoms with van der Waals surface area (Å²) < 4.78 is 0. The average Bonchev–Trinajstić information content (AvgIpc) is 2.19. The molecule has 1 nitrogen and oxygen atoms in total. The summed E-state index contributed by atoms with van der Waals surface area (Å²) in [5, 5.41) is 0. The zero-order chi connectivity index (χ0) is 10.8. The van der Waals surface area contributed by atoms with Crippen LogP contribution in [-0.4, -0.2) is 6.54 Å². The van der Waals surface area contributed by atoms with Crippen LogP contribution in [0.1, 0.15) is 35.1 Å². The van der Waals surface area contributed by atoms with Crippen molar-refractivity contribution in [2.45, 2.75) is 33.1 Å². The lowest BCUT2D eigenvalue weighted by Gasteiger charge is -2.22. The molecule has 0 fully saturated rings. The maximum absolute atomic E-state index is 5.62. The molecule has 0 radical (unpaired) electrons. The van der Waals surface area contributed by atoms with Gasteiger partial charge in [0.15, 0.2) is 0 Å². The monoisotopic (exact) mass is 201 g/mol. The van der Waals surface area contributed by atoms with Crippen LogP contribution in [-0.2, 0) is 6.42 Å². The van der Waals surface area contributed by atoms with Crippen molar-refractivity contribution >= 4 is 5.57 Å². The third-order valence-corrected chi connectivity index (χ3v) is 3.20. The predicted molar refractivity (Wildman–Crippen MR) is 65.9 cm³/mol. The zero-order valence-electron chi connectivity index (χ0n) is 9.64. The summed E-state index contributed by atoms with van der Waals surface area (Å²) in [6.45, 7) is 5.04. The Morgan fingerprint density at radius 3 is 2.80 bits per heavy atom. The number of fused-ring (bicyclic) bond motifs is 1. The Balaban J connectivity index is 2.55. The number of nitrogens with two attached hydrogens (primary N) is 1. The molecule has 0 saturated heterocycles. The molecule has 80 valence electrons. The normalized spacial score (nSPS) is 17.9. The topological polar surface area (TPSA) is 26.0 Å². The molecular weight excluding hydrogens is 182 g/mol. The molecular formula is C14H19N. The van der Waals surface area contributed by atoms with Gasteiger partial charge in [-0.05, 0) is 55.4 Å². The number of hydrogen-bond acceptors (Lipinski definition) is 1. The predicted octanol–water partition coefficient (Wildman–Crippen LogP) is 2.98. The molecule has 0 saturated carbocycles. The quantitative estimate of drug-likeness (QED) is 0.742. The van der Waals surface area contributed by atoms with Crippen molar-refractivity contribution < 1.29 is 0 Å². The fraction of sp³-hybridized carbons (Fsp3) is 0.429. The lowest BCUT2D eigenvalue weighted by Crippen LogP contribution is -2.06. The Hall–Kier alpha value is -1.08. The van der Waals surface area contributed by atoms with Crippen molar-refractivity contribution in [3.05, 3.63) is 40.5 Å². The molecule has 1 aromatic rings. The van der Waals surface area contributed by atoms with E-state index in [1.165, 1.54) is 47.1 Å². The molecule has 0 amide bonds. The molecule has 1 heteroatoms. The van der Waals surface area contributed by atoms with Crippen LogP contribution in [0.4, 0.5) is 0 Å². The van der Waals surface area contributed by atoms with Crippen LogP contribution >= 0.6 is 0 Å². The fourth-order valence-corrected chi connectivity index (χ4v) is 2.56. The van der Waals surface area contributed by atoms with Crippen molar-refractivity contribution in [3.63, 3.8) is 0 Å². The molecule has 0 atom stereocenters. The highest BCUT2D eigenvalue weighted by atomic mass is 14.5. The Bertz CT molecular complexity index is 402. The summed E-state index contributed by atoms with van der Waals surface area (Å²) in [5.74, 6) is 0. The fourth-order valence-electron chi connectivity index (χ4n) is 2.56. The second-order valence-electron chi connectivity index (χ2n) is 4.43. The van der Waals surface area contributed by atoms with E-state index in [-0.39, 0.29) is 0 Å². The Kier molecular flexibility index (Phi) is 2.92. The number of rotatable bonds is 1. The first-order valence-electron chi connectivity index (χ1n) is 5.72. The van der Waals surface area contributed by atoms with Gasteiger partial charge in [-0.15, -0.1) is 0 Å². The van der Waals surface area contributed by atoms with Crippen LogP contribution in [0.25, 0.3) is 5.57 Å². The Morgan fingerprint density at radius 1 is 1.27 bits per heavy atom. The van der Waals surface area contributed by atoms with Crippen LogP contribution < -0.4 is 5.73 Å². The molecule has 0 unspecified atom stereocenters. The first-order valence-corrected chi connectivity index (χ1v) is 5.72. The molecule has 0 aliphatic heterocycles. The Labute approximate surface area is 92.0 Å². The molecule has 2 rings (SSSR count). The molecule has 1 aliphatic carbocycles. The van der Waals surface area contributed by atoms with E-state index in [1.54, 1.807) is 0 Å². The summed E-state index contributed by atoms with van der Waals surface area (Å²) in [6.07, 6.45) is 5.86. The van der Waals surface area contributed by atoms with Crippen LogP contribution in [0.5, 0.6) is 0 Å². The van der Waals surface area contributed by atoms with E-state index in [0.717, 1.165) is 0 Å². The van der Waals surface area contributed by atoms with Crippen LogP contribution in [0.3, 0.4) is 0 Å². The van der Waals surface area contributed by atoms with E-state index < -0.39 is 0 Å². The van der Waals surface area contributed by atoms with Gasteiger partial charge in [-0.25, -0.2) is 0 Å². The van der Waals surface area contributed by atoms with E-state index in [1.807, 2.05) is 0 Å². The number of allylic oxidation sites excluding steroid dienone is 1. The second-order valence-corrected chi connectivity index (χ2v) is 4.43. The highest BCUT2D eigenvalue weighted by Gasteiger charge is 2.15. The molecule has 0 heterocycles. The van der Waals surface area contributed by atoms with Crippen molar-refractivity contribution in [1.29, 1.82) is 0 Å². The third kappa shape index (κ3) is 1.98. The average molecular weight is 201 g/mol. The van der Waals surface area contributed by atoms with Gasteiger partial charge in [0.1, 0.15) is 0 Å². The lowest BCUT2D eigenvalue weighted by molar-refractivity contribution is 0.813. The minimum absolute atomic E-state index is 0.655. The van der Waals surface area contributed by atoms with E-state index in [9.17, 15) is 0 Å². The van der Waals surface area contributed by atoms with Gasteiger partial charge in [0.05, 0.1) is 0 Å². The van der Waals surface area contributed by atoms with Gasteiger partial charge in [0, 0.05) is 6.54 Å². The maximum atomic E-state index is 5.62. The van der Waals surface area contributed by atoms with Crippen LogP contribution in [0.15, 0.2) is 18.2 Å². The van der Waals surface area contributed by atoms with Crippen molar-refractivity contribution in [2.24, 2.45) is 5.73 Å². The third-order valence-electron chi connectivity index (χ3n) is 3.20. The van der Waals surface area contributed by atoms with Gasteiger partial charge >= 0.3 is 0 Å². The summed E-state index contributed by atoms with van der Waals surface area (Å²) in [4.78, 5) is 0. The molecule has 0 bridgehead atoms. The maximum Gasteiger partial charge on any atom is 0.0112 e. The van der Waals surface area contributed by atoms with Crippen molar-refractivity contribution in [1.82, 2.24) is 0 Å². The molecule has 2 N–H and O–H groups in total. The summed E-state index contributed by atoms with van der Waals surface area (Å²) >= 11 is 0. The first kappa shape index (κ1) is 10.4. The van der Waals surface area contributed by atoms with Crippen molar-refractivity contribution in [2.75, 3.05) is 6.54 Å². The van der Waals surface area contributed by atoms with Gasteiger partial charge in [-0.2, -0.15) is 0 Å². The van der Waals surface area contributed by atoms with Gasteiger partial charge in [0.2, 0.25) is 0 Å². The van der Waals surface area contributed by atoms with E-state index in [2.05, 4.69) is 32.1 Å². The minimum Gasteiger partial charge on any atom is -0.327 e. The summed E-state index contributed by atoms with van der Waals surface area (Å²) in [5.41, 5.74) is 12.8. The summed E-state index contributed by atoms with van der Waals surface area (Å²) in [7, 11) is 0. The SMILES string of the molecule is Cc1cc(C)c2c(c1)/C(=C/CN)CCC2. The van der Waals surface area contributed by atoms with Gasteiger partial charge in [-0.3, -0.25) is 0 Å². The smallest absolute Gasteiger partial charge is 0.0112 e. The summed E-state index contributed by atoms with van der Waals surface area (Å²) in [6, 6.07) is 4.59. The van der Waals surface area contributed by atoms with E-state index in [4.69, 9.17) is 5.73 Å². The van der Waals surface area contributed by atoms with Crippen LogP contribution in [0.2, 0.25) is 0 Å². The Morgan fingerprint density at radius 2 is 2.07 bits per heavy atom. The number of aryl methyl sites for hydroxylation is 2. The first-order chi connectivity index (χ1) is 7.22. The standard InChI is InChI=1S/C14H19N/c1-10-8-11(2)13-5-3-4-12(6-7-15)14(13)9-10/h6,8-9H,3-5,7,15H2,1-2H3/b12-6+. The van der Waals surface area contributed by atoms with E-state index >= 15 is 0 Å². The highest BCUT2D eigenvalue weighted by molar-refractivity contribution is 5.71. The minimum atomic E-state index is 0.655. The van der Waals surface area contributed by atoms with Gasteiger partial charge in [0.25, 0.3) is 0 Å². The second kappa shape index (κ2) is 4.19. The number of hydrogen-bond donors (Lipinski definition) is 1. The molecule has 0 aromatic heterocycles. The highest BCUT2D eigenvalue weighted by Crippen LogP contribution is 2.33. The van der Waals surface area contributed by atoms with Gasteiger partial charge < -0.3 is 5.73 Å². The van der Waals surface area contributed by atoms with E-state index in [0.29, 0.717) is 6.54 Å². The van der Waals surface area contributed by atoms with Crippen molar-refractivity contribution in [3.8, 4) is 0 Å². The molecule has 1 aliphatic rings. The van der Waals surface area contributed by atoms with Crippen LogP contribution in [0, 0.1) is 13.8 Å². The zero-order valence-corrected chi connectivity index (χ0v) is 9.64.